The van der Waals surface area contributed by atoms with Gasteiger partial charge in [0.05, 0.1) is 10.6 Å². The lowest BCUT2D eigenvalue weighted by Crippen LogP contribution is -2.18. The molecule has 4 nitrogen and oxygen atoms in total. The summed E-state index contributed by atoms with van der Waals surface area (Å²) < 4.78 is 0. The summed E-state index contributed by atoms with van der Waals surface area (Å²) in [4.78, 5) is 22.3. The van der Waals surface area contributed by atoms with E-state index in [4.69, 9.17) is 16.7 Å². The van der Waals surface area contributed by atoms with E-state index >= 15 is 0 Å². The fourth-order valence-corrected chi connectivity index (χ4v) is 1.80. The van der Waals surface area contributed by atoms with E-state index in [1.165, 1.54) is 12.1 Å². The number of anilines is 1. The summed E-state index contributed by atoms with van der Waals surface area (Å²) in [6.07, 6.45) is 0.412. The monoisotopic (exact) mass is 225 g/mol. The van der Waals surface area contributed by atoms with Crippen LogP contribution in [0.4, 0.5) is 5.69 Å². The van der Waals surface area contributed by atoms with Crippen molar-refractivity contribution in [3.8, 4) is 0 Å². The maximum Gasteiger partial charge on any atom is 0.337 e. The summed E-state index contributed by atoms with van der Waals surface area (Å²) in [5.74, 6) is -1.11. The number of benzene rings is 1. The van der Waals surface area contributed by atoms with Crippen molar-refractivity contribution in [1.82, 2.24) is 0 Å². The molecule has 0 saturated heterocycles. The summed E-state index contributed by atoms with van der Waals surface area (Å²) >= 11 is 5.76. The van der Waals surface area contributed by atoms with Crippen molar-refractivity contribution in [3.63, 3.8) is 0 Å². The predicted molar refractivity (Wildman–Crippen MR) is 55.8 cm³/mol. The molecule has 0 unspecified atom stereocenters. The molecule has 0 aromatic heterocycles. The average Bonchev–Trinajstić information content (AvgIpc) is 2.18. The number of ketones is 1. The van der Waals surface area contributed by atoms with Crippen LogP contribution in [0.1, 0.15) is 27.1 Å². The number of hydrogen-bond acceptors (Lipinski definition) is 3. The Morgan fingerprint density at radius 1 is 1.47 bits per heavy atom. The Kier molecular flexibility index (Phi) is 2.36. The Morgan fingerprint density at radius 2 is 2.20 bits per heavy atom. The minimum absolute atomic E-state index is 0.0115. The van der Waals surface area contributed by atoms with Gasteiger partial charge in [-0.3, -0.25) is 4.79 Å². The summed E-state index contributed by atoms with van der Waals surface area (Å²) in [7, 11) is 0. The number of hydrogen-bond donors (Lipinski definition) is 2. The molecule has 0 bridgehead atoms. The number of rotatable bonds is 1. The number of carboxylic acids is 1. The van der Waals surface area contributed by atoms with Gasteiger partial charge in [-0.1, -0.05) is 11.6 Å². The molecular formula is C10H8ClNO3. The molecule has 15 heavy (non-hydrogen) atoms. The molecule has 5 heteroatoms. The summed E-state index contributed by atoms with van der Waals surface area (Å²) in [6, 6.07) is 2.81. The van der Waals surface area contributed by atoms with E-state index in [0.717, 1.165) is 0 Å². The van der Waals surface area contributed by atoms with Crippen molar-refractivity contribution < 1.29 is 14.7 Å². The summed E-state index contributed by atoms with van der Waals surface area (Å²) in [5.41, 5.74) is 1.03. The third-order valence-corrected chi connectivity index (χ3v) is 2.62. The van der Waals surface area contributed by atoms with Crippen LogP contribution >= 0.6 is 11.6 Å². The number of nitrogens with one attached hydrogen (secondary N) is 1. The third-order valence-electron chi connectivity index (χ3n) is 2.31. The van der Waals surface area contributed by atoms with E-state index in [9.17, 15) is 9.59 Å². The van der Waals surface area contributed by atoms with Crippen LogP contribution in [0.25, 0.3) is 0 Å². The van der Waals surface area contributed by atoms with Gasteiger partial charge in [-0.15, -0.1) is 0 Å². The number of fused-ring (bicyclic) bond motifs is 1. The van der Waals surface area contributed by atoms with Gasteiger partial charge < -0.3 is 10.4 Å². The summed E-state index contributed by atoms with van der Waals surface area (Å²) in [6.45, 7) is 0.534. The Balaban J connectivity index is 2.59. The fourth-order valence-electron chi connectivity index (χ4n) is 1.56. The van der Waals surface area contributed by atoms with E-state index in [1.54, 1.807) is 0 Å². The van der Waals surface area contributed by atoms with Gasteiger partial charge in [0.2, 0.25) is 0 Å². The number of carbonyl (C=O) groups is 2. The van der Waals surface area contributed by atoms with Crippen molar-refractivity contribution in [2.75, 3.05) is 11.9 Å². The molecule has 1 aromatic rings. The van der Waals surface area contributed by atoms with Crippen LogP contribution in [0.3, 0.4) is 0 Å². The lowest BCUT2D eigenvalue weighted by atomic mass is 10.00. The zero-order chi connectivity index (χ0) is 11.0. The normalized spacial score (nSPS) is 14.3. The highest BCUT2D eigenvalue weighted by molar-refractivity contribution is 6.34. The van der Waals surface area contributed by atoms with Crippen LogP contribution in [-0.2, 0) is 0 Å². The highest BCUT2D eigenvalue weighted by atomic mass is 35.5. The molecular weight excluding hydrogens is 218 g/mol. The Hall–Kier alpha value is -1.55. The number of carboxylic acid groups (broad SMARTS) is 1. The van der Waals surface area contributed by atoms with Crippen LogP contribution in [0.15, 0.2) is 12.1 Å². The van der Waals surface area contributed by atoms with E-state index in [-0.39, 0.29) is 16.4 Å². The van der Waals surface area contributed by atoms with E-state index in [2.05, 4.69) is 5.32 Å². The number of Topliss-reactive ketones (excluding diaryl/α,β-unsaturated/α-hetero) is 1. The number of halogens is 1. The molecule has 78 valence electrons. The quantitative estimate of drug-likeness (QED) is 0.768. The van der Waals surface area contributed by atoms with Gasteiger partial charge in [0, 0.05) is 24.2 Å². The first-order valence-corrected chi connectivity index (χ1v) is 4.81. The molecule has 0 spiro atoms. The fraction of sp³-hybridized carbons (Fsp3) is 0.200. The number of aromatic carboxylic acids is 1. The first kappa shape index (κ1) is 9.98. The predicted octanol–water partition coefficient (Wildman–Crippen LogP) is 2.04. The second-order valence-electron chi connectivity index (χ2n) is 3.28. The minimum atomic E-state index is -1.09. The lowest BCUT2D eigenvalue weighted by molar-refractivity contribution is 0.0696. The SMILES string of the molecule is O=C(O)c1cc2c(cc1Cl)C(=O)CCN2. The Bertz CT molecular complexity index is 456. The Labute approximate surface area is 90.9 Å². The van der Waals surface area contributed by atoms with Crippen LogP contribution in [-0.4, -0.2) is 23.4 Å². The van der Waals surface area contributed by atoms with E-state index < -0.39 is 5.97 Å². The molecule has 2 rings (SSSR count). The second-order valence-corrected chi connectivity index (χ2v) is 3.69. The molecule has 1 aromatic carbocycles. The maximum absolute atomic E-state index is 11.5. The molecule has 0 aliphatic carbocycles. The molecule has 0 radical (unpaired) electrons. The summed E-state index contributed by atoms with van der Waals surface area (Å²) in [5, 5.41) is 11.9. The number of carbonyl (C=O) groups excluding carboxylic acids is 1. The van der Waals surface area contributed by atoms with Gasteiger partial charge in [0.15, 0.2) is 5.78 Å². The smallest absolute Gasteiger partial charge is 0.337 e. The van der Waals surface area contributed by atoms with E-state index in [0.29, 0.717) is 24.2 Å². The van der Waals surface area contributed by atoms with Crippen molar-refractivity contribution in [2.24, 2.45) is 0 Å². The minimum Gasteiger partial charge on any atom is -0.478 e. The zero-order valence-electron chi connectivity index (χ0n) is 7.71. The van der Waals surface area contributed by atoms with Gasteiger partial charge in [-0.2, -0.15) is 0 Å². The molecule has 1 aliphatic rings. The molecule has 1 aliphatic heterocycles. The molecule has 0 amide bonds. The van der Waals surface area contributed by atoms with Crippen LogP contribution in [0.5, 0.6) is 0 Å². The second kappa shape index (κ2) is 3.55. The molecule has 0 saturated carbocycles. The van der Waals surface area contributed by atoms with Gasteiger partial charge in [0.1, 0.15) is 0 Å². The third kappa shape index (κ3) is 1.68. The van der Waals surface area contributed by atoms with Gasteiger partial charge in [-0.25, -0.2) is 4.79 Å². The zero-order valence-corrected chi connectivity index (χ0v) is 8.47. The highest BCUT2D eigenvalue weighted by Gasteiger charge is 2.20. The van der Waals surface area contributed by atoms with Crippen molar-refractivity contribution in [1.29, 1.82) is 0 Å². The first-order chi connectivity index (χ1) is 7.09. The van der Waals surface area contributed by atoms with E-state index in [1.807, 2.05) is 0 Å². The van der Waals surface area contributed by atoms with Crippen molar-refractivity contribution in [2.45, 2.75) is 6.42 Å². The standard InChI is InChI=1S/C10H8ClNO3/c11-7-3-6-8(4-5(7)10(14)15)12-2-1-9(6)13/h3-4,12H,1-2H2,(H,14,15). The molecule has 0 atom stereocenters. The Morgan fingerprint density at radius 3 is 2.87 bits per heavy atom. The lowest BCUT2D eigenvalue weighted by Gasteiger charge is -2.17. The van der Waals surface area contributed by atoms with Crippen LogP contribution in [0, 0.1) is 0 Å². The average molecular weight is 226 g/mol. The molecule has 1 heterocycles. The van der Waals surface area contributed by atoms with Crippen molar-refractivity contribution >= 4 is 29.0 Å². The van der Waals surface area contributed by atoms with Gasteiger partial charge >= 0.3 is 5.97 Å². The maximum atomic E-state index is 11.5. The van der Waals surface area contributed by atoms with Crippen LogP contribution < -0.4 is 5.32 Å². The first-order valence-electron chi connectivity index (χ1n) is 4.43. The van der Waals surface area contributed by atoms with Gasteiger partial charge in [0.25, 0.3) is 0 Å². The topological polar surface area (TPSA) is 66.4 Å². The van der Waals surface area contributed by atoms with Crippen LogP contribution in [0.2, 0.25) is 5.02 Å². The highest BCUT2D eigenvalue weighted by Crippen LogP contribution is 2.28. The van der Waals surface area contributed by atoms with Gasteiger partial charge in [-0.05, 0) is 12.1 Å². The largest absolute Gasteiger partial charge is 0.478 e. The van der Waals surface area contributed by atoms with Crippen molar-refractivity contribution in [3.05, 3.63) is 28.3 Å². The molecule has 2 N–H and O–H groups in total. The molecule has 0 fully saturated rings.